The topological polar surface area (TPSA) is 46.2 Å². The van der Waals surface area contributed by atoms with Gasteiger partial charge in [0.05, 0.1) is 0 Å². The Hall–Kier alpha value is -0.570. The van der Waals surface area contributed by atoms with Crippen molar-refractivity contribution in [3.63, 3.8) is 0 Å². The van der Waals surface area contributed by atoms with E-state index in [0.29, 0.717) is 6.54 Å². The molecule has 0 aliphatic heterocycles. The van der Waals surface area contributed by atoms with Crippen molar-refractivity contribution in [1.29, 1.82) is 0 Å². The molecule has 0 heterocycles. The predicted molar refractivity (Wildman–Crippen MR) is 59.5 cm³/mol. The third-order valence-electron chi connectivity index (χ3n) is 2.31. The molecule has 0 saturated heterocycles. The van der Waals surface area contributed by atoms with Gasteiger partial charge >= 0.3 is 0 Å². The monoisotopic (exact) mass is 213 g/mol. The van der Waals surface area contributed by atoms with Gasteiger partial charge in [-0.1, -0.05) is 23.7 Å². The van der Waals surface area contributed by atoms with Gasteiger partial charge in [0.15, 0.2) is 0 Å². The Bertz CT molecular complexity index is 297. The van der Waals surface area contributed by atoms with E-state index in [1.54, 1.807) is 0 Å². The summed E-state index contributed by atoms with van der Waals surface area (Å²) in [6, 6.07) is 5.95. The summed E-state index contributed by atoms with van der Waals surface area (Å²) < 4.78 is 0. The van der Waals surface area contributed by atoms with E-state index in [9.17, 15) is 0 Å². The molecule has 0 aliphatic rings. The molecule has 78 valence electrons. The first-order chi connectivity index (χ1) is 6.67. The van der Waals surface area contributed by atoms with Crippen LogP contribution in [0.1, 0.15) is 11.1 Å². The molecule has 1 atom stereocenters. The van der Waals surface area contributed by atoms with Crippen molar-refractivity contribution in [2.75, 3.05) is 13.2 Å². The van der Waals surface area contributed by atoms with Crippen molar-refractivity contribution < 1.29 is 5.11 Å². The molecule has 1 aromatic carbocycles. The number of aliphatic hydroxyl groups excluding tert-OH is 1. The van der Waals surface area contributed by atoms with Gasteiger partial charge in [-0.05, 0) is 43.0 Å². The summed E-state index contributed by atoms with van der Waals surface area (Å²) in [5.74, 6) is 0.107. The van der Waals surface area contributed by atoms with Crippen LogP contribution in [0.15, 0.2) is 18.2 Å². The molecule has 0 aromatic heterocycles. The van der Waals surface area contributed by atoms with Crippen molar-refractivity contribution in [2.45, 2.75) is 13.3 Å². The lowest BCUT2D eigenvalue weighted by molar-refractivity contribution is 0.230. The van der Waals surface area contributed by atoms with Gasteiger partial charge in [0.25, 0.3) is 0 Å². The molecule has 1 unspecified atom stereocenters. The van der Waals surface area contributed by atoms with Gasteiger partial charge in [-0.2, -0.15) is 0 Å². The Morgan fingerprint density at radius 2 is 2.21 bits per heavy atom. The summed E-state index contributed by atoms with van der Waals surface area (Å²) >= 11 is 6.07. The van der Waals surface area contributed by atoms with Gasteiger partial charge in [0, 0.05) is 11.6 Å². The summed E-state index contributed by atoms with van der Waals surface area (Å²) in [4.78, 5) is 0. The second kappa shape index (κ2) is 5.35. The maximum absolute atomic E-state index is 9.01. The average molecular weight is 214 g/mol. The highest BCUT2D eigenvalue weighted by atomic mass is 35.5. The Kier molecular flexibility index (Phi) is 4.39. The number of aliphatic hydroxyl groups is 1. The number of rotatable bonds is 4. The minimum Gasteiger partial charge on any atom is -0.396 e. The van der Waals surface area contributed by atoms with E-state index in [1.165, 1.54) is 0 Å². The Morgan fingerprint density at radius 1 is 1.50 bits per heavy atom. The van der Waals surface area contributed by atoms with Gasteiger partial charge in [-0.3, -0.25) is 0 Å². The average Bonchev–Trinajstić information content (AvgIpc) is 2.17. The summed E-state index contributed by atoms with van der Waals surface area (Å²) in [6.07, 6.45) is 0.742. The summed E-state index contributed by atoms with van der Waals surface area (Å²) in [5.41, 5.74) is 7.71. The lowest BCUT2D eigenvalue weighted by Gasteiger charge is -2.12. The van der Waals surface area contributed by atoms with Crippen molar-refractivity contribution in [1.82, 2.24) is 0 Å². The van der Waals surface area contributed by atoms with Crippen molar-refractivity contribution in [2.24, 2.45) is 11.7 Å². The zero-order chi connectivity index (χ0) is 10.6. The van der Waals surface area contributed by atoms with Crippen LogP contribution in [0.2, 0.25) is 5.02 Å². The minimum absolute atomic E-state index is 0.107. The van der Waals surface area contributed by atoms with E-state index < -0.39 is 0 Å². The van der Waals surface area contributed by atoms with Gasteiger partial charge in [0.2, 0.25) is 0 Å². The van der Waals surface area contributed by atoms with Crippen molar-refractivity contribution >= 4 is 11.6 Å². The lowest BCUT2D eigenvalue weighted by Crippen LogP contribution is -2.20. The third kappa shape index (κ3) is 2.98. The highest BCUT2D eigenvalue weighted by Gasteiger charge is 2.08. The predicted octanol–water partition coefficient (Wildman–Crippen LogP) is 1.76. The minimum atomic E-state index is 0.107. The van der Waals surface area contributed by atoms with E-state index in [0.717, 1.165) is 22.6 Å². The number of halogens is 1. The van der Waals surface area contributed by atoms with Crippen LogP contribution in [0.4, 0.5) is 0 Å². The molecule has 1 aromatic rings. The van der Waals surface area contributed by atoms with Gasteiger partial charge < -0.3 is 10.8 Å². The largest absolute Gasteiger partial charge is 0.396 e. The number of nitrogens with two attached hydrogens (primary N) is 1. The van der Waals surface area contributed by atoms with E-state index in [1.807, 2.05) is 25.1 Å². The summed E-state index contributed by atoms with van der Waals surface area (Å²) in [6.45, 7) is 2.60. The normalized spacial score (nSPS) is 12.9. The third-order valence-corrected chi connectivity index (χ3v) is 2.66. The Balaban J connectivity index is 2.76. The zero-order valence-electron chi connectivity index (χ0n) is 8.33. The molecule has 0 spiro atoms. The van der Waals surface area contributed by atoms with Crippen molar-refractivity contribution in [3.05, 3.63) is 34.3 Å². The highest BCUT2D eigenvalue weighted by molar-refractivity contribution is 6.31. The van der Waals surface area contributed by atoms with Gasteiger partial charge in [-0.25, -0.2) is 0 Å². The first kappa shape index (κ1) is 11.5. The fraction of sp³-hybridized carbons (Fsp3) is 0.455. The van der Waals surface area contributed by atoms with E-state index in [4.69, 9.17) is 22.4 Å². The molecule has 0 fully saturated rings. The second-order valence-electron chi connectivity index (χ2n) is 3.58. The van der Waals surface area contributed by atoms with Crippen LogP contribution in [-0.2, 0) is 6.42 Å². The Labute approximate surface area is 89.7 Å². The first-order valence-electron chi connectivity index (χ1n) is 4.73. The van der Waals surface area contributed by atoms with Crippen molar-refractivity contribution in [3.8, 4) is 0 Å². The van der Waals surface area contributed by atoms with E-state index in [-0.39, 0.29) is 12.5 Å². The highest BCUT2D eigenvalue weighted by Crippen LogP contribution is 2.20. The van der Waals surface area contributed by atoms with Crippen LogP contribution < -0.4 is 5.73 Å². The zero-order valence-corrected chi connectivity index (χ0v) is 9.09. The molecule has 1 rings (SSSR count). The second-order valence-corrected chi connectivity index (χ2v) is 3.99. The molecule has 2 nitrogen and oxygen atoms in total. The summed E-state index contributed by atoms with van der Waals surface area (Å²) in [7, 11) is 0. The number of aryl methyl sites for hydroxylation is 1. The van der Waals surface area contributed by atoms with Gasteiger partial charge in [0.1, 0.15) is 0 Å². The maximum Gasteiger partial charge on any atom is 0.0474 e. The fourth-order valence-electron chi connectivity index (χ4n) is 1.35. The van der Waals surface area contributed by atoms with Gasteiger partial charge in [-0.15, -0.1) is 0 Å². The molecule has 0 aliphatic carbocycles. The maximum atomic E-state index is 9.01. The van der Waals surface area contributed by atoms with E-state index >= 15 is 0 Å². The molecule has 0 radical (unpaired) electrons. The quantitative estimate of drug-likeness (QED) is 0.801. The SMILES string of the molecule is Cc1ccc(CC(CN)CO)c(Cl)c1. The number of hydrogen-bond acceptors (Lipinski definition) is 2. The van der Waals surface area contributed by atoms with Crippen LogP contribution in [0.5, 0.6) is 0 Å². The number of hydrogen-bond donors (Lipinski definition) is 2. The number of benzene rings is 1. The molecule has 0 bridgehead atoms. The lowest BCUT2D eigenvalue weighted by atomic mass is 9.99. The smallest absolute Gasteiger partial charge is 0.0474 e. The molecule has 14 heavy (non-hydrogen) atoms. The molecule has 0 saturated carbocycles. The molecular formula is C11H16ClNO. The fourth-order valence-corrected chi connectivity index (χ4v) is 1.66. The van der Waals surface area contributed by atoms with Crippen LogP contribution in [0, 0.1) is 12.8 Å². The molecule has 3 N–H and O–H groups in total. The van der Waals surface area contributed by atoms with Crippen LogP contribution in [-0.4, -0.2) is 18.3 Å². The molecule has 3 heteroatoms. The molecule has 0 amide bonds. The van der Waals surface area contributed by atoms with Crippen LogP contribution in [0.25, 0.3) is 0 Å². The summed E-state index contributed by atoms with van der Waals surface area (Å²) in [5, 5.41) is 9.77. The molecular weight excluding hydrogens is 198 g/mol. The standard InChI is InChI=1S/C11H16ClNO/c1-8-2-3-10(11(12)4-8)5-9(6-13)7-14/h2-4,9,14H,5-7,13H2,1H3. The van der Waals surface area contributed by atoms with Crippen LogP contribution in [0.3, 0.4) is 0 Å². The van der Waals surface area contributed by atoms with Crippen LogP contribution >= 0.6 is 11.6 Å². The van der Waals surface area contributed by atoms with E-state index in [2.05, 4.69) is 0 Å². The first-order valence-corrected chi connectivity index (χ1v) is 5.11. The Morgan fingerprint density at radius 3 is 2.71 bits per heavy atom.